The van der Waals surface area contributed by atoms with Crippen LogP contribution in [0.2, 0.25) is 0 Å². The fourth-order valence-electron chi connectivity index (χ4n) is 3.45. The van der Waals surface area contributed by atoms with Crippen molar-refractivity contribution in [1.29, 1.82) is 5.26 Å². The summed E-state index contributed by atoms with van der Waals surface area (Å²) < 4.78 is 6.71. The molecule has 0 amide bonds. The SMILES string of the molecule is N#Cc1ccc(-c2ccc(OC(=O)Cn3cnc4scc(-c5cccs5)c4c3=O)cc2)cc1. The molecule has 0 spiro atoms. The molecule has 0 atom stereocenters. The van der Waals surface area contributed by atoms with E-state index in [1.54, 1.807) is 35.6 Å². The molecule has 3 heterocycles. The molecule has 160 valence electrons. The van der Waals surface area contributed by atoms with Crippen molar-refractivity contribution in [1.82, 2.24) is 9.55 Å². The van der Waals surface area contributed by atoms with E-state index in [0.29, 0.717) is 21.5 Å². The number of aromatic nitrogens is 2. The topological polar surface area (TPSA) is 85.0 Å². The lowest BCUT2D eigenvalue weighted by atomic mass is 10.0. The molecule has 6 nitrogen and oxygen atoms in total. The second-order valence-corrected chi connectivity index (χ2v) is 8.98. The average molecular weight is 470 g/mol. The lowest BCUT2D eigenvalue weighted by Crippen LogP contribution is -2.26. The van der Waals surface area contributed by atoms with Gasteiger partial charge in [-0.15, -0.1) is 22.7 Å². The van der Waals surface area contributed by atoms with Crippen molar-refractivity contribution in [2.24, 2.45) is 0 Å². The third-order valence-corrected chi connectivity index (χ3v) is 6.87. The Kier molecular flexibility index (Phi) is 5.57. The Morgan fingerprint density at radius 2 is 1.76 bits per heavy atom. The van der Waals surface area contributed by atoms with Crippen LogP contribution in [0.5, 0.6) is 5.75 Å². The fraction of sp³-hybridized carbons (Fsp3) is 0.0400. The fourth-order valence-corrected chi connectivity index (χ4v) is 5.17. The van der Waals surface area contributed by atoms with Gasteiger partial charge in [-0.3, -0.25) is 9.36 Å². The molecule has 0 fully saturated rings. The van der Waals surface area contributed by atoms with Crippen LogP contribution in [0.15, 0.2) is 82.5 Å². The van der Waals surface area contributed by atoms with Gasteiger partial charge in [0.1, 0.15) is 17.1 Å². The Balaban J connectivity index is 1.33. The highest BCUT2D eigenvalue weighted by Gasteiger charge is 2.16. The normalized spacial score (nSPS) is 10.8. The van der Waals surface area contributed by atoms with Crippen LogP contribution in [0.4, 0.5) is 0 Å². The van der Waals surface area contributed by atoms with Gasteiger partial charge in [0.15, 0.2) is 0 Å². The molecule has 0 N–H and O–H groups in total. The quantitative estimate of drug-likeness (QED) is 0.257. The van der Waals surface area contributed by atoms with Crippen LogP contribution in [0.1, 0.15) is 5.56 Å². The van der Waals surface area contributed by atoms with E-state index in [0.717, 1.165) is 21.6 Å². The summed E-state index contributed by atoms with van der Waals surface area (Å²) in [5.74, 6) is -0.174. The number of nitrogens with zero attached hydrogens (tertiary/aromatic N) is 3. The molecule has 0 radical (unpaired) electrons. The number of nitriles is 1. The lowest BCUT2D eigenvalue weighted by molar-refractivity contribution is -0.135. The van der Waals surface area contributed by atoms with Gasteiger partial charge < -0.3 is 4.74 Å². The lowest BCUT2D eigenvalue weighted by Gasteiger charge is -2.08. The molecule has 0 aliphatic rings. The summed E-state index contributed by atoms with van der Waals surface area (Å²) in [6.07, 6.45) is 1.38. The van der Waals surface area contributed by atoms with Crippen LogP contribution in [-0.4, -0.2) is 15.5 Å². The smallest absolute Gasteiger partial charge is 0.331 e. The number of fused-ring (bicyclic) bond motifs is 1. The number of esters is 1. The van der Waals surface area contributed by atoms with Crippen molar-refractivity contribution in [3.8, 4) is 33.4 Å². The van der Waals surface area contributed by atoms with Gasteiger partial charge in [-0.25, -0.2) is 9.78 Å². The highest BCUT2D eigenvalue weighted by molar-refractivity contribution is 7.18. The Hall–Kier alpha value is -4.06. The van der Waals surface area contributed by atoms with Gasteiger partial charge in [-0.1, -0.05) is 30.3 Å². The zero-order valence-corrected chi connectivity index (χ0v) is 18.7. The van der Waals surface area contributed by atoms with Crippen molar-refractivity contribution in [2.75, 3.05) is 0 Å². The number of ether oxygens (including phenoxy) is 1. The van der Waals surface area contributed by atoms with Gasteiger partial charge in [0.05, 0.1) is 23.3 Å². The molecule has 0 unspecified atom stereocenters. The minimum Gasteiger partial charge on any atom is -0.425 e. The van der Waals surface area contributed by atoms with Crippen LogP contribution in [-0.2, 0) is 11.3 Å². The number of carbonyl (C=O) groups is 1. The summed E-state index contributed by atoms with van der Waals surface area (Å²) in [4.78, 5) is 31.5. The first-order valence-corrected chi connectivity index (χ1v) is 11.7. The predicted octanol–water partition coefficient (Wildman–Crippen LogP) is 5.33. The van der Waals surface area contributed by atoms with Crippen molar-refractivity contribution >= 4 is 38.9 Å². The third kappa shape index (κ3) is 4.20. The van der Waals surface area contributed by atoms with Crippen LogP contribution in [0, 0.1) is 11.3 Å². The minimum absolute atomic E-state index is 0.237. The van der Waals surface area contributed by atoms with Crippen molar-refractivity contribution in [3.05, 3.63) is 93.7 Å². The summed E-state index contributed by atoms with van der Waals surface area (Å²) in [6.45, 7) is -0.237. The summed E-state index contributed by atoms with van der Waals surface area (Å²) in [7, 11) is 0. The van der Waals surface area contributed by atoms with Crippen molar-refractivity contribution < 1.29 is 9.53 Å². The van der Waals surface area contributed by atoms with E-state index >= 15 is 0 Å². The maximum atomic E-state index is 13.0. The number of thiophene rings is 2. The van der Waals surface area contributed by atoms with Crippen LogP contribution < -0.4 is 10.3 Å². The van der Waals surface area contributed by atoms with E-state index in [1.807, 2.05) is 47.2 Å². The molecule has 8 heteroatoms. The predicted molar refractivity (Wildman–Crippen MR) is 129 cm³/mol. The van der Waals surface area contributed by atoms with Gasteiger partial charge in [0, 0.05) is 15.8 Å². The van der Waals surface area contributed by atoms with Crippen molar-refractivity contribution in [2.45, 2.75) is 6.54 Å². The van der Waals surface area contributed by atoms with E-state index in [4.69, 9.17) is 10.00 Å². The van der Waals surface area contributed by atoms with Gasteiger partial charge >= 0.3 is 5.97 Å². The molecule has 33 heavy (non-hydrogen) atoms. The third-order valence-electron chi connectivity index (χ3n) is 5.08. The molecule has 0 aliphatic heterocycles. The number of rotatable bonds is 5. The average Bonchev–Trinajstić information content (AvgIpc) is 3.52. The monoisotopic (exact) mass is 469 g/mol. The first kappa shape index (κ1) is 20.8. The number of hydrogen-bond acceptors (Lipinski definition) is 7. The molecule has 0 aliphatic carbocycles. The van der Waals surface area contributed by atoms with Crippen molar-refractivity contribution in [3.63, 3.8) is 0 Å². The molecule has 0 bridgehead atoms. The van der Waals surface area contributed by atoms with Crippen LogP contribution in [0.25, 0.3) is 31.8 Å². The summed E-state index contributed by atoms with van der Waals surface area (Å²) in [5, 5.41) is 13.3. The van der Waals surface area contributed by atoms with Crippen LogP contribution >= 0.6 is 22.7 Å². The van der Waals surface area contributed by atoms with Gasteiger partial charge in [-0.05, 0) is 46.8 Å². The molecule has 5 aromatic rings. The Morgan fingerprint density at radius 1 is 1.03 bits per heavy atom. The molecular weight excluding hydrogens is 454 g/mol. The van der Waals surface area contributed by atoms with E-state index < -0.39 is 5.97 Å². The number of carbonyl (C=O) groups excluding carboxylic acids is 1. The van der Waals surface area contributed by atoms with Gasteiger partial charge in [-0.2, -0.15) is 5.26 Å². The summed E-state index contributed by atoms with van der Waals surface area (Å²) in [5.41, 5.74) is 3.05. The molecule has 2 aromatic carbocycles. The summed E-state index contributed by atoms with van der Waals surface area (Å²) in [6, 6.07) is 20.3. The largest absolute Gasteiger partial charge is 0.425 e. The number of hydrogen-bond donors (Lipinski definition) is 0. The molecule has 5 rings (SSSR count). The zero-order valence-electron chi connectivity index (χ0n) is 17.1. The highest BCUT2D eigenvalue weighted by atomic mass is 32.1. The summed E-state index contributed by atoms with van der Waals surface area (Å²) >= 11 is 2.96. The maximum Gasteiger partial charge on any atom is 0.331 e. The van der Waals surface area contributed by atoms with E-state index in [1.165, 1.54) is 22.2 Å². The molecule has 0 saturated heterocycles. The Labute approximate surface area is 196 Å². The van der Waals surface area contributed by atoms with E-state index in [2.05, 4.69) is 11.1 Å². The first-order valence-electron chi connectivity index (χ1n) is 9.94. The van der Waals surface area contributed by atoms with Gasteiger partial charge in [0.25, 0.3) is 5.56 Å². The molecular formula is C25H15N3O3S2. The molecule has 3 aromatic heterocycles. The van der Waals surface area contributed by atoms with E-state index in [-0.39, 0.29) is 12.1 Å². The van der Waals surface area contributed by atoms with E-state index in [9.17, 15) is 9.59 Å². The van der Waals surface area contributed by atoms with Gasteiger partial charge in [0.2, 0.25) is 0 Å². The highest BCUT2D eigenvalue weighted by Crippen LogP contribution is 2.33. The Morgan fingerprint density at radius 3 is 2.42 bits per heavy atom. The second-order valence-electron chi connectivity index (χ2n) is 7.17. The maximum absolute atomic E-state index is 13.0. The molecule has 0 saturated carbocycles. The Bertz CT molecular complexity index is 1540. The second kappa shape index (κ2) is 8.82. The minimum atomic E-state index is -0.558. The first-order chi connectivity index (χ1) is 16.1. The van der Waals surface area contributed by atoms with Crippen LogP contribution in [0.3, 0.4) is 0 Å². The number of benzene rings is 2. The zero-order chi connectivity index (χ0) is 22.8. The standard InChI is InChI=1S/C25H15N3O3S2/c26-12-16-3-5-17(6-4-16)18-7-9-19(10-8-18)31-22(29)13-28-15-27-24-23(25(28)30)20(14-33-24)21-2-1-11-32-21/h1-11,14-15H,13H2.